The fourth-order valence-corrected chi connectivity index (χ4v) is 3.86. The summed E-state index contributed by atoms with van der Waals surface area (Å²) in [5, 5.41) is 2.87. The molecule has 29 heavy (non-hydrogen) atoms. The van der Waals surface area contributed by atoms with Gasteiger partial charge in [0, 0.05) is 12.1 Å². The van der Waals surface area contributed by atoms with Crippen molar-refractivity contribution in [3.63, 3.8) is 0 Å². The van der Waals surface area contributed by atoms with Crippen LogP contribution < -0.4 is 19.1 Å². The second kappa shape index (κ2) is 10.2. The Morgan fingerprint density at radius 2 is 1.62 bits per heavy atom. The molecule has 0 saturated carbocycles. The summed E-state index contributed by atoms with van der Waals surface area (Å²) in [6.45, 7) is 5.88. The van der Waals surface area contributed by atoms with E-state index in [0.717, 1.165) is 5.75 Å². The second-order valence-electron chi connectivity index (χ2n) is 6.47. The molecular weight excluding hydrogens is 392 g/mol. The number of methoxy groups -OCH3 is 1. The van der Waals surface area contributed by atoms with Gasteiger partial charge in [0.05, 0.1) is 24.6 Å². The van der Waals surface area contributed by atoms with Crippen LogP contribution in [0, 0.1) is 0 Å². The van der Waals surface area contributed by atoms with Crippen molar-refractivity contribution in [2.24, 2.45) is 0 Å². The molecule has 1 atom stereocenters. The van der Waals surface area contributed by atoms with Gasteiger partial charge >= 0.3 is 0 Å². The van der Waals surface area contributed by atoms with E-state index in [4.69, 9.17) is 9.47 Å². The first kappa shape index (κ1) is 22.5. The number of sulfonamides is 1. The molecule has 0 radical (unpaired) electrons. The molecule has 0 aliphatic heterocycles. The zero-order valence-electron chi connectivity index (χ0n) is 17.2. The Morgan fingerprint density at radius 3 is 2.14 bits per heavy atom. The Kier molecular flexibility index (Phi) is 7.90. The fraction of sp³-hybridized carbons (Fsp3) is 0.381. The number of nitrogens with one attached hydrogen (secondary N) is 1. The van der Waals surface area contributed by atoms with E-state index in [2.05, 4.69) is 5.32 Å². The van der Waals surface area contributed by atoms with E-state index in [-0.39, 0.29) is 17.7 Å². The minimum atomic E-state index is -3.35. The normalized spacial score (nSPS) is 12.1. The van der Waals surface area contributed by atoms with Crippen molar-refractivity contribution < 1.29 is 22.7 Å². The van der Waals surface area contributed by atoms with E-state index in [1.807, 2.05) is 6.92 Å². The SMILES string of the molecule is CCN(c1ccc(C(=O)N[C@@H](C)COc2ccc(OC)cc2)cc1)S(=O)(=O)CC. The van der Waals surface area contributed by atoms with Crippen LogP contribution >= 0.6 is 0 Å². The van der Waals surface area contributed by atoms with Gasteiger partial charge in [0.25, 0.3) is 5.91 Å². The highest BCUT2D eigenvalue weighted by Crippen LogP contribution is 2.19. The Hall–Kier alpha value is -2.74. The van der Waals surface area contributed by atoms with E-state index >= 15 is 0 Å². The summed E-state index contributed by atoms with van der Waals surface area (Å²) in [7, 11) is -1.75. The highest BCUT2D eigenvalue weighted by molar-refractivity contribution is 7.92. The van der Waals surface area contributed by atoms with Crippen LogP contribution in [-0.2, 0) is 10.0 Å². The summed E-state index contributed by atoms with van der Waals surface area (Å²) >= 11 is 0. The van der Waals surface area contributed by atoms with Crippen LogP contribution in [0.25, 0.3) is 0 Å². The molecule has 0 unspecified atom stereocenters. The Balaban J connectivity index is 1.94. The van der Waals surface area contributed by atoms with E-state index < -0.39 is 10.0 Å². The molecule has 0 spiro atoms. The number of hydrogen-bond donors (Lipinski definition) is 1. The molecule has 1 N–H and O–H groups in total. The number of rotatable bonds is 10. The molecule has 0 aliphatic rings. The van der Waals surface area contributed by atoms with E-state index in [1.54, 1.807) is 69.5 Å². The Labute approximate surface area is 172 Å². The summed E-state index contributed by atoms with van der Waals surface area (Å²) in [5.41, 5.74) is 0.997. The van der Waals surface area contributed by atoms with Crippen LogP contribution in [0.1, 0.15) is 31.1 Å². The third-order valence-corrected chi connectivity index (χ3v) is 6.21. The third-order valence-electron chi connectivity index (χ3n) is 4.34. The van der Waals surface area contributed by atoms with Crippen molar-refractivity contribution in [1.29, 1.82) is 0 Å². The highest BCUT2D eigenvalue weighted by Gasteiger charge is 2.19. The van der Waals surface area contributed by atoms with Gasteiger partial charge in [-0.1, -0.05) is 0 Å². The van der Waals surface area contributed by atoms with Crippen LogP contribution in [-0.4, -0.2) is 46.4 Å². The van der Waals surface area contributed by atoms with Crippen LogP contribution in [0.4, 0.5) is 5.69 Å². The van der Waals surface area contributed by atoms with E-state index in [1.165, 1.54) is 4.31 Å². The van der Waals surface area contributed by atoms with Gasteiger partial charge in [0.2, 0.25) is 10.0 Å². The largest absolute Gasteiger partial charge is 0.497 e. The molecule has 0 saturated heterocycles. The summed E-state index contributed by atoms with van der Waals surface area (Å²) in [4.78, 5) is 12.4. The first-order valence-corrected chi connectivity index (χ1v) is 11.1. The second-order valence-corrected chi connectivity index (χ2v) is 8.66. The summed E-state index contributed by atoms with van der Waals surface area (Å²) in [6, 6.07) is 13.5. The van der Waals surface area contributed by atoms with Crippen LogP contribution in [0.5, 0.6) is 11.5 Å². The quantitative estimate of drug-likeness (QED) is 0.639. The number of ether oxygens (including phenoxy) is 2. The summed E-state index contributed by atoms with van der Waals surface area (Å²) < 4.78 is 36.4. The lowest BCUT2D eigenvalue weighted by Crippen LogP contribution is -2.36. The molecule has 8 heteroatoms. The van der Waals surface area contributed by atoms with Gasteiger partial charge in [-0.15, -0.1) is 0 Å². The highest BCUT2D eigenvalue weighted by atomic mass is 32.2. The van der Waals surface area contributed by atoms with Gasteiger partial charge < -0.3 is 14.8 Å². The number of carbonyl (C=O) groups is 1. The lowest BCUT2D eigenvalue weighted by Gasteiger charge is -2.22. The smallest absolute Gasteiger partial charge is 0.251 e. The molecule has 0 heterocycles. The zero-order chi connectivity index (χ0) is 21.4. The van der Waals surface area contributed by atoms with Gasteiger partial charge in [-0.05, 0) is 69.3 Å². The molecule has 158 valence electrons. The monoisotopic (exact) mass is 420 g/mol. The van der Waals surface area contributed by atoms with Gasteiger partial charge in [0.15, 0.2) is 0 Å². The average molecular weight is 421 g/mol. The fourth-order valence-electron chi connectivity index (χ4n) is 2.72. The molecule has 0 aliphatic carbocycles. The predicted octanol–water partition coefficient (Wildman–Crippen LogP) is 3.07. The molecule has 2 aromatic rings. The standard InChI is InChI=1S/C21H28N2O5S/c1-5-23(29(25,26)6-2)18-9-7-17(8-10-18)21(24)22-16(3)15-28-20-13-11-19(27-4)12-14-20/h7-14,16H,5-6,15H2,1-4H3,(H,22,24)/t16-/m0/s1. The molecule has 1 amide bonds. The lowest BCUT2D eigenvalue weighted by atomic mass is 10.2. The predicted molar refractivity (Wildman–Crippen MR) is 114 cm³/mol. The van der Waals surface area contributed by atoms with Crippen molar-refractivity contribution in [1.82, 2.24) is 5.32 Å². The number of hydrogen-bond acceptors (Lipinski definition) is 5. The third kappa shape index (κ3) is 6.12. The van der Waals surface area contributed by atoms with Crippen molar-refractivity contribution in [3.8, 4) is 11.5 Å². The van der Waals surface area contributed by atoms with Crippen LogP contribution in [0.15, 0.2) is 48.5 Å². The average Bonchev–Trinajstić information content (AvgIpc) is 2.73. The molecule has 2 aromatic carbocycles. The summed E-state index contributed by atoms with van der Waals surface area (Å²) in [6.07, 6.45) is 0. The molecule has 0 fully saturated rings. The number of nitrogens with zero attached hydrogens (tertiary/aromatic N) is 1. The van der Waals surface area contributed by atoms with E-state index in [0.29, 0.717) is 30.2 Å². The zero-order valence-corrected chi connectivity index (χ0v) is 18.0. The first-order valence-electron chi connectivity index (χ1n) is 9.48. The number of carbonyl (C=O) groups excluding carboxylic acids is 1. The molecule has 0 aromatic heterocycles. The topological polar surface area (TPSA) is 84.9 Å². The maximum Gasteiger partial charge on any atom is 0.251 e. The Morgan fingerprint density at radius 1 is 1.03 bits per heavy atom. The van der Waals surface area contributed by atoms with E-state index in [9.17, 15) is 13.2 Å². The molecule has 0 bridgehead atoms. The molecule has 2 rings (SSSR count). The van der Waals surface area contributed by atoms with Crippen molar-refractivity contribution in [2.45, 2.75) is 26.8 Å². The van der Waals surface area contributed by atoms with Crippen molar-refractivity contribution in [2.75, 3.05) is 30.3 Å². The summed E-state index contributed by atoms with van der Waals surface area (Å²) in [5.74, 6) is 1.21. The van der Waals surface area contributed by atoms with Gasteiger partial charge in [0.1, 0.15) is 18.1 Å². The first-order chi connectivity index (χ1) is 13.8. The van der Waals surface area contributed by atoms with Crippen LogP contribution in [0.2, 0.25) is 0 Å². The maximum atomic E-state index is 12.4. The van der Waals surface area contributed by atoms with Gasteiger partial charge in [-0.25, -0.2) is 8.42 Å². The number of anilines is 1. The van der Waals surface area contributed by atoms with Crippen molar-refractivity contribution in [3.05, 3.63) is 54.1 Å². The van der Waals surface area contributed by atoms with Crippen LogP contribution in [0.3, 0.4) is 0 Å². The number of amides is 1. The molecular formula is C21H28N2O5S. The Bertz CT molecular complexity index is 896. The minimum absolute atomic E-state index is 0.0226. The molecule has 7 nitrogen and oxygen atoms in total. The van der Waals surface area contributed by atoms with Crippen molar-refractivity contribution >= 4 is 21.6 Å². The lowest BCUT2D eigenvalue weighted by molar-refractivity contribution is 0.0926. The number of benzene rings is 2. The van der Waals surface area contributed by atoms with Gasteiger partial charge in [-0.3, -0.25) is 9.10 Å². The maximum absolute atomic E-state index is 12.4. The van der Waals surface area contributed by atoms with Gasteiger partial charge in [-0.2, -0.15) is 0 Å². The minimum Gasteiger partial charge on any atom is -0.497 e.